The van der Waals surface area contributed by atoms with E-state index in [2.05, 4.69) is 41.4 Å². The smallest absolute Gasteiger partial charge is 0.0636 e. The third kappa shape index (κ3) is 2.43. The number of allylic oxidation sites excluding steroid dienone is 4. The van der Waals surface area contributed by atoms with Crippen LogP contribution in [0.4, 0.5) is 0 Å². The molecule has 0 fully saturated rings. The molecule has 2 rings (SSSR count). The van der Waals surface area contributed by atoms with Crippen LogP contribution in [0, 0.1) is 5.92 Å². The maximum atomic E-state index is 4.40. The molecule has 0 amide bonds. The number of hydrogen-bond acceptors (Lipinski definition) is 1. The van der Waals surface area contributed by atoms with E-state index in [9.17, 15) is 0 Å². The van der Waals surface area contributed by atoms with Crippen molar-refractivity contribution < 1.29 is 0 Å². The van der Waals surface area contributed by atoms with E-state index in [0.717, 1.165) is 6.54 Å². The zero-order valence-corrected chi connectivity index (χ0v) is 8.01. The molecule has 0 heterocycles. The van der Waals surface area contributed by atoms with Gasteiger partial charge in [-0.25, -0.2) is 0 Å². The van der Waals surface area contributed by atoms with E-state index >= 15 is 0 Å². The Bertz CT molecular complexity index is 348. The van der Waals surface area contributed by atoms with Crippen molar-refractivity contribution in [3.05, 3.63) is 60.2 Å². The van der Waals surface area contributed by atoms with Crippen molar-refractivity contribution in [3.8, 4) is 0 Å². The molecule has 0 saturated heterocycles. The molecule has 1 aliphatic rings. The first-order valence-corrected chi connectivity index (χ1v) is 4.84. The van der Waals surface area contributed by atoms with E-state index in [0.29, 0.717) is 5.92 Å². The molecule has 0 spiro atoms. The van der Waals surface area contributed by atoms with Crippen LogP contribution in [0.5, 0.6) is 0 Å². The Kier molecular flexibility index (Phi) is 2.92. The van der Waals surface area contributed by atoms with Gasteiger partial charge in [0, 0.05) is 12.1 Å². The van der Waals surface area contributed by atoms with Crippen LogP contribution in [0.1, 0.15) is 5.56 Å². The van der Waals surface area contributed by atoms with E-state index in [-0.39, 0.29) is 0 Å². The summed E-state index contributed by atoms with van der Waals surface area (Å²) in [5, 5.41) is 0. The minimum atomic E-state index is 0.402. The first-order valence-electron chi connectivity index (χ1n) is 4.84. The van der Waals surface area contributed by atoms with Gasteiger partial charge in [-0.15, -0.1) is 0 Å². The summed E-state index contributed by atoms with van der Waals surface area (Å²) in [6.45, 7) is 0.777. The Morgan fingerprint density at radius 2 is 1.79 bits per heavy atom. The Morgan fingerprint density at radius 3 is 2.50 bits per heavy atom. The fraction of sp³-hybridized carbons (Fsp3) is 0.154. The van der Waals surface area contributed by atoms with Crippen LogP contribution in [0.25, 0.3) is 0 Å². The summed E-state index contributed by atoms with van der Waals surface area (Å²) in [4.78, 5) is 4.40. The molecule has 1 nitrogen and oxygen atoms in total. The average Bonchev–Trinajstić information content (AvgIpc) is 2.72. The van der Waals surface area contributed by atoms with Crippen molar-refractivity contribution in [1.29, 1.82) is 0 Å². The first kappa shape index (κ1) is 8.95. The van der Waals surface area contributed by atoms with E-state index in [1.54, 1.807) is 0 Å². The van der Waals surface area contributed by atoms with E-state index < -0.39 is 0 Å². The number of aliphatic imine (C=N–C) groups is 1. The van der Waals surface area contributed by atoms with E-state index in [1.807, 2.05) is 24.4 Å². The van der Waals surface area contributed by atoms with Crippen molar-refractivity contribution in [2.75, 3.05) is 0 Å². The summed E-state index contributed by atoms with van der Waals surface area (Å²) in [7, 11) is 0. The van der Waals surface area contributed by atoms with Crippen molar-refractivity contribution in [2.45, 2.75) is 6.54 Å². The zero-order valence-electron chi connectivity index (χ0n) is 8.01. The summed E-state index contributed by atoms with van der Waals surface area (Å²) in [5.74, 6) is 0.402. The molecule has 1 aliphatic carbocycles. The normalized spacial score (nSPS) is 15.7. The number of hydrogen-bond donors (Lipinski definition) is 0. The second-order valence-electron chi connectivity index (χ2n) is 3.32. The molecule has 0 unspecified atom stereocenters. The largest absolute Gasteiger partial charge is 0.292 e. The van der Waals surface area contributed by atoms with Gasteiger partial charge in [0.25, 0.3) is 0 Å². The third-order valence-electron chi connectivity index (χ3n) is 2.17. The molecule has 70 valence electrons. The first-order chi connectivity index (χ1) is 6.95. The monoisotopic (exact) mass is 183 g/mol. The molecule has 14 heavy (non-hydrogen) atoms. The lowest BCUT2D eigenvalue weighted by Gasteiger charge is -1.96. The average molecular weight is 183 g/mol. The van der Waals surface area contributed by atoms with Crippen LogP contribution in [0.2, 0.25) is 0 Å². The highest BCUT2D eigenvalue weighted by Crippen LogP contribution is 2.06. The molecule has 0 bridgehead atoms. The highest BCUT2D eigenvalue weighted by molar-refractivity contribution is 5.67. The van der Waals surface area contributed by atoms with Gasteiger partial charge in [-0.2, -0.15) is 0 Å². The van der Waals surface area contributed by atoms with Gasteiger partial charge in [0.2, 0.25) is 0 Å². The predicted octanol–water partition coefficient (Wildman–Crippen LogP) is 3.00. The second kappa shape index (κ2) is 4.56. The number of rotatable bonds is 3. The maximum Gasteiger partial charge on any atom is 0.0636 e. The summed E-state index contributed by atoms with van der Waals surface area (Å²) >= 11 is 0. The summed E-state index contributed by atoms with van der Waals surface area (Å²) in [6.07, 6.45) is 10.4. The lowest BCUT2D eigenvalue weighted by molar-refractivity contribution is 1.05. The lowest BCUT2D eigenvalue weighted by atomic mass is 10.2. The molecule has 0 radical (unpaired) electrons. The quantitative estimate of drug-likeness (QED) is 0.639. The predicted molar refractivity (Wildman–Crippen MR) is 60.4 cm³/mol. The SMILES string of the molecule is C1=CC(C=NCc2ccccc2)C=C1. The summed E-state index contributed by atoms with van der Waals surface area (Å²) < 4.78 is 0. The fourth-order valence-corrected chi connectivity index (χ4v) is 1.41. The standard InChI is InChI=1S/C13H13N/c1-2-6-12(7-3-1)10-14-11-13-8-4-5-9-13/h1-9,11,13H,10H2. The second-order valence-corrected chi connectivity index (χ2v) is 3.32. The third-order valence-corrected chi connectivity index (χ3v) is 2.17. The van der Waals surface area contributed by atoms with Crippen molar-refractivity contribution in [1.82, 2.24) is 0 Å². The minimum absolute atomic E-state index is 0.402. The summed E-state index contributed by atoms with van der Waals surface area (Å²) in [6, 6.07) is 10.3. The molecule has 0 atom stereocenters. The van der Waals surface area contributed by atoms with Crippen LogP contribution in [-0.2, 0) is 6.54 Å². The summed E-state index contributed by atoms with van der Waals surface area (Å²) in [5.41, 5.74) is 1.26. The van der Waals surface area contributed by atoms with Crippen LogP contribution in [0.15, 0.2) is 59.6 Å². The van der Waals surface area contributed by atoms with Crippen molar-refractivity contribution >= 4 is 6.21 Å². The molecular formula is C13H13N. The van der Waals surface area contributed by atoms with Gasteiger partial charge in [-0.05, 0) is 5.56 Å². The maximum absolute atomic E-state index is 4.40. The van der Waals surface area contributed by atoms with E-state index in [4.69, 9.17) is 0 Å². The zero-order chi connectivity index (χ0) is 9.64. The Hall–Kier alpha value is -1.63. The number of nitrogens with zero attached hydrogens (tertiary/aromatic N) is 1. The highest BCUT2D eigenvalue weighted by atomic mass is 14.7. The van der Waals surface area contributed by atoms with Crippen molar-refractivity contribution in [2.24, 2.45) is 10.9 Å². The Balaban J connectivity index is 1.88. The molecule has 0 N–H and O–H groups in total. The minimum Gasteiger partial charge on any atom is -0.292 e. The van der Waals surface area contributed by atoms with Crippen LogP contribution in [-0.4, -0.2) is 6.21 Å². The Morgan fingerprint density at radius 1 is 1.07 bits per heavy atom. The fourth-order valence-electron chi connectivity index (χ4n) is 1.41. The van der Waals surface area contributed by atoms with Gasteiger partial charge in [0.1, 0.15) is 0 Å². The van der Waals surface area contributed by atoms with Crippen LogP contribution in [0.3, 0.4) is 0 Å². The molecule has 0 aliphatic heterocycles. The molecule has 1 aromatic carbocycles. The van der Waals surface area contributed by atoms with Gasteiger partial charge in [0.15, 0.2) is 0 Å². The van der Waals surface area contributed by atoms with Crippen molar-refractivity contribution in [3.63, 3.8) is 0 Å². The van der Waals surface area contributed by atoms with Crippen LogP contribution >= 0.6 is 0 Å². The van der Waals surface area contributed by atoms with Gasteiger partial charge in [-0.1, -0.05) is 54.6 Å². The Labute approximate surface area is 84.5 Å². The molecule has 1 aromatic rings. The topological polar surface area (TPSA) is 12.4 Å². The van der Waals surface area contributed by atoms with Gasteiger partial charge in [0.05, 0.1) is 6.54 Å². The van der Waals surface area contributed by atoms with Gasteiger partial charge >= 0.3 is 0 Å². The van der Waals surface area contributed by atoms with Gasteiger partial charge < -0.3 is 0 Å². The number of benzene rings is 1. The molecule has 0 aromatic heterocycles. The molecule has 1 heteroatoms. The van der Waals surface area contributed by atoms with Crippen LogP contribution < -0.4 is 0 Å². The molecular weight excluding hydrogens is 170 g/mol. The van der Waals surface area contributed by atoms with E-state index in [1.165, 1.54) is 5.56 Å². The lowest BCUT2D eigenvalue weighted by Crippen LogP contribution is -1.90. The van der Waals surface area contributed by atoms with Gasteiger partial charge in [-0.3, -0.25) is 4.99 Å². The molecule has 0 saturated carbocycles. The highest BCUT2D eigenvalue weighted by Gasteiger charge is 1.97.